The van der Waals surface area contributed by atoms with Gasteiger partial charge in [0, 0.05) is 86.9 Å². The first-order valence-electron chi connectivity index (χ1n) is 16.0. The Bertz CT molecular complexity index is 2000. The molecule has 4 saturated heterocycles. The Morgan fingerprint density at radius 2 is 1.74 bits per heavy atom. The molecule has 4 fully saturated rings. The van der Waals surface area contributed by atoms with E-state index < -0.39 is 27.2 Å². The van der Waals surface area contributed by atoms with Crippen LogP contribution in [0.5, 0.6) is 11.8 Å². The molecule has 0 saturated carbocycles. The van der Waals surface area contributed by atoms with Crippen molar-refractivity contribution < 1.29 is 27.2 Å². The molecule has 4 aliphatic rings. The zero-order valence-electron chi connectivity index (χ0n) is 25.4. The van der Waals surface area contributed by atoms with Gasteiger partial charge in [0.05, 0.1) is 11.6 Å². The number of phenols is 1. The number of nitrogens with zero attached hydrogens (tertiary/aromatic N) is 4. The topological polar surface area (TPSA) is 115 Å². The summed E-state index contributed by atoms with van der Waals surface area (Å²) in [4.78, 5) is 13.7. The van der Waals surface area contributed by atoms with Gasteiger partial charge in [-0.15, -0.1) is 0 Å². The second kappa shape index (κ2) is 11.6. The van der Waals surface area contributed by atoms with Crippen LogP contribution in [0.2, 0.25) is 5.02 Å². The van der Waals surface area contributed by atoms with Crippen LogP contribution < -0.4 is 15.0 Å². The third-order valence-corrected chi connectivity index (χ3v) is 12.3. The van der Waals surface area contributed by atoms with Crippen LogP contribution in [0.4, 0.5) is 19.0 Å². The molecule has 0 aliphatic carbocycles. The van der Waals surface area contributed by atoms with Crippen molar-refractivity contribution in [2.75, 3.05) is 42.6 Å². The van der Waals surface area contributed by atoms with Crippen LogP contribution in [-0.2, 0) is 9.73 Å². The Hall–Kier alpha value is -3.39. The largest absolute Gasteiger partial charge is 0.508 e. The minimum absolute atomic E-state index is 0.0145. The van der Waals surface area contributed by atoms with Crippen molar-refractivity contribution in [1.82, 2.24) is 20.2 Å². The van der Waals surface area contributed by atoms with Gasteiger partial charge in [0.25, 0.3) is 0 Å². The van der Waals surface area contributed by atoms with E-state index in [9.17, 15) is 13.7 Å². The first-order chi connectivity index (χ1) is 22.5. The van der Waals surface area contributed by atoms with E-state index in [1.807, 2.05) is 0 Å². The number of rotatable bonds is 7. The van der Waals surface area contributed by atoms with Crippen LogP contribution in [0, 0.1) is 22.2 Å². The lowest BCUT2D eigenvalue weighted by Crippen LogP contribution is -2.51. The standard InChI is InChI=1S/C33H34ClF3N6O3S/c34-25-12-24-31(30(37)28(25)23-11-22(44)10-17-2-7-26(35)29(36)27(17)23)40-33(41-32(24)42-13-18-3-4-19(14-42)39-18)46-9-1-8-43-20-5-6-21(43)16-47(38,45)15-20/h2,7,10-12,18-21,38-39,44H,1,3-6,8-9,13-16H2. The smallest absolute Gasteiger partial charge is 0.319 e. The normalized spacial score (nSPS) is 27.3. The average molecular weight is 687 g/mol. The second-order valence-corrected chi connectivity index (χ2v) is 15.9. The van der Waals surface area contributed by atoms with Gasteiger partial charge in [-0.2, -0.15) is 9.97 Å². The lowest BCUT2D eigenvalue weighted by Gasteiger charge is -2.35. The molecule has 0 radical (unpaired) electrons. The fraction of sp³-hybridized carbons (Fsp3) is 0.455. The van der Waals surface area contributed by atoms with E-state index in [1.165, 1.54) is 18.2 Å². The molecule has 4 bridgehead atoms. The van der Waals surface area contributed by atoms with Crippen molar-refractivity contribution in [2.24, 2.45) is 0 Å². The van der Waals surface area contributed by atoms with Gasteiger partial charge in [-0.1, -0.05) is 17.7 Å². The molecule has 3 aromatic carbocycles. The van der Waals surface area contributed by atoms with Gasteiger partial charge in [-0.3, -0.25) is 9.68 Å². The van der Waals surface area contributed by atoms with Crippen LogP contribution in [0.25, 0.3) is 32.8 Å². The summed E-state index contributed by atoms with van der Waals surface area (Å²) in [5, 5.41) is 14.3. The number of piperazine rings is 1. The summed E-state index contributed by atoms with van der Waals surface area (Å²) in [5.74, 6) is -2.12. The van der Waals surface area contributed by atoms with Gasteiger partial charge >= 0.3 is 6.01 Å². The predicted molar refractivity (Wildman–Crippen MR) is 175 cm³/mol. The van der Waals surface area contributed by atoms with E-state index in [0.717, 1.165) is 31.7 Å². The molecular weight excluding hydrogens is 653 g/mol. The lowest BCUT2D eigenvalue weighted by molar-refractivity contribution is 0.185. The third kappa shape index (κ3) is 5.54. The van der Waals surface area contributed by atoms with Gasteiger partial charge < -0.3 is 20.1 Å². The van der Waals surface area contributed by atoms with Crippen LogP contribution in [0.15, 0.2) is 30.3 Å². The molecule has 0 amide bonds. The van der Waals surface area contributed by atoms with E-state index in [0.29, 0.717) is 48.8 Å². The van der Waals surface area contributed by atoms with Crippen molar-refractivity contribution in [2.45, 2.75) is 56.3 Å². The maximum absolute atomic E-state index is 16.8. The minimum Gasteiger partial charge on any atom is -0.508 e. The lowest BCUT2D eigenvalue weighted by atomic mass is 9.95. The number of ether oxygens (including phenoxy) is 1. The number of hydrogen-bond acceptors (Lipinski definition) is 9. The Labute approximate surface area is 275 Å². The van der Waals surface area contributed by atoms with E-state index in [4.69, 9.17) is 26.1 Å². The van der Waals surface area contributed by atoms with Gasteiger partial charge in [0.1, 0.15) is 17.1 Å². The average Bonchev–Trinajstić information content (AvgIpc) is 3.50. The maximum atomic E-state index is 16.8. The van der Waals surface area contributed by atoms with Crippen LogP contribution in [0.1, 0.15) is 32.1 Å². The zero-order chi connectivity index (χ0) is 32.6. The van der Waals surface area contributed by atoms with E-state index in [-0.39, 0.29) is 75.0 Å². The quantitative estimate of drug-likeness (QED) is 0.208. The molecule has 1 aromatic heterocycles. The molecule has 5 heterocycles. The summed E-state index contributed by atoms with van der Waals surface area (Å²) in [6, 6.07) is 7.06. The number of benzene rings is 3. The monoisotopic (exact) mass is 686 g/mol. The molecule has 248 valence electrons. The maximum Gasteiger partial charge on any atom is 0.319 e. The summed E-state index contributed by atoms with van der Waals surface area (Å²) in [5.41, 5.74) is -0.396. The van der Waals surface area contributed by atoms with Crippen molar-refractivity contribution >= 4 is 48.8 Å². The SMILES string of the molecule is N=S1(=O)CC2CCC(C1)N2CCCOc1nc(N2CC3CCC(C2)N3)c2cc(Cl)c(-c3cc(O)cc4ccc(F)c(F)c34)c(F)c2n1. The molecule has 9 nitrogen and oxygen atoms in total. The molecule has 4 unspecified atom stereocenters. The van der Waals surface area contributed by atoms with Crippen molar-refractivity contribution in [3.05, 3.63) is 52.8 Å². The zero-order valence-corrected chi connectivity index (χ0v) is 27.0. The predicted octanol–water partition coefficient (Wildman–Crippen LogP) is 5.83. The Balaban J connectivity index is 1.17. The first-order valence-corrected chi connectivity index (χ1v) is 18.3. The highest BCUT2D eigenvalue weighted by atomic mass is 35.5. The third-order valence-electron chi connectivity index (χ3n) is 10.1. The number of phenolic OH excluding ortho intramolecular Hbond substituents is 1. The first kappa shape index (κ1) is 30.9. The summed E-state index contributed by atoms with van der Waals surface area (Å²) < 4.78 is 72.9. The molecule has 0 spiro atoms. The van der Waals surface area contributed by atoms with Gasteiger partial charge in [0.2, 0.25) is 0 Å². The Morgan fingerprint density at radius 3 is 2.47 bits per heavy atom. The molecule has 14 heteroatoms. The molecular formula is C33H34ClF3N6O3S. The summed E-state index contributed by atoms with van der Waals surface area (Å²) in [6.45, 7) is 2.28. The summed E-state index contributed by atoms with van der Waals surface area (Å²) in [7, 11) is -2.52. The van der Waals surface area contributed by atoms with Gasteiger partial charge in [0.15, 0.2) is 17.5 Å². The van der Waals surface area contributed by atoms with Crippen LogP contribution in [-0.4, -0.2) is 86.1 Å². The second-order valence-electron chi connectivity index (χ2n) is 13.2. The highest BCUT2D eigenvalue weighted by Crippen LogP contribution is 2.44. The number of nitrogens with one attached hydrogen (secondary N) is 2. The molecule has 8 rings (SSSR count). The highest BCUT2D eigenvalue weighted by molar-refractivity contribution is 7.92. The molecule has 3 N–H and O–H groups in total. The Morgan fingerprint density at radius 1 is 1.02 bits per heavy atom. The van der Waals surface area contributed by atoms with Crippen LogP contribution in [0.3, 0.4) is 0 Å². The number of aromatic hydroxyl groups is 1. The molecule has 4 atom stereocenters. The van der Waals surface area contributed by atoms with Gasteiger partial charge in [-0.05, 0) is 61.8 Å². The Kier molecular flexibility index (Phi) is 7.66. The fourth-order valence-corrected chi connectivity index (χ4v) is 10.5. The van der Waals surface area contributed by atoms with E-state index in [1.54, 1.807) is 6.07 Å². The number of fused-ring (bicyclic) bond motifs is 6. The highest BCUT2D eigenvalue weighted by Gasteiger charge is 2.41. The van der Waals surface area contributed by atoms with Gasteiger partial charge in [-0.25, -0.2) is 17.4 Å². The molecule has 4 aromatic rings. The number of anilines is 1. The van der Waals surface area contributed by atoms with Crippen LogP contribution >= 0.6 is 11.6 Å². The number of halogens is 4. The fourth-order valence-electron chi connectivity index (χ4n) is 8.10. The molecule has 4 aliphatic heterocycles. The summed E-state index contributed by atoms with van der Waals surface area (Å²) >= 11 is 6.74. The number of hydrogen-bond donors (Lipinski definition) is 3. The van der Waals surface area contributed by atoms with E-state index >= 15 is 8.78 Å². The molecule has 47 heavy (non-hydrogen) atoms. The number of aromatic nitrogens is 2. The van der Waals surface area contributed by atoms with E-state index in [2.05, 4.69) is 20.1 Å². The van der Waals surface area contributed by atoms with Crippen molar-refractivity contribution in [3.63, 3.8) is 0 Å². The summed E-state index contributed by atoms with van der Waals surface area (Å²) in [6.07, 6.45) is 4.57. The van der Waals surface area contributed by atoms with Crippen molar-refractivity contribution in [1.29, 1.82) is 4.78 Å². The van der Waals surface area contributed by atoms with Crippen molar-refractivity contribution in [3.8, 4) is 22.9 Å². The minimum atomic E-state index is -2.52.